The lowest BCUT2D eigenvalue weighted by Gasteiger charge is -2.24. The molecule has 3 unspecified atom stereocenters. The van der Waals surface area contributed by atoms with Gasteiger partial charge in [-0.15, -0.1) is 11.3 Å². The molecule has 1 aliphatic heterocycles. The summed E-state index contributed by atoms with van der Waals surface area (Å²) in [5, 5.41) is 3.67. The third kappa shape index (κ3) is 3.09. The average molecular weight is 312 g/mol. The molecule has 1 N–H and O–H groups in total. The molecule has 0 amide bonds. The van der Waals surface area contributed by atoms with Gasteiger partial charge in [-0.1, -0.05) is 11.6 Å². The summed E-state index contributed by atoms with van der Waals surface area (Å²) >= 11 is 7.66. The van der Waals surface area contributed by atoms with E-state index in [1.807, 2.05) is 18.2 Å². The van der Waals surface area contributed by atoms with E-state index in [1.54, 1.807) is 17.6 Å². The van der Waals surface area contributed by atoms with E-state index in [1.165, 1.54) is 4.88 Å². The largest absolute Gasteiger partial charge is 0.467 e. The van der Waals surface area contributed by atoms with Gasteiger partial charge in [0.05, 0.1) is 17.2 Å². The van der Waals surface area contributed by atoms with Gasteiger partial charge in [-0.25, -0.2) is 0 Å². The summed E-state index contributed by atoms with van der Waals surface area (Å²) in [4.78, 5) is 1.18. The number of hydrogen-bond acceptors (Lipinski definition) is 4. The van der Waals surface area contributed by atoms with Crippen molar-refractivity contribution in [1.29, 1.82) is 0 Å². The standard InChI is InChI=1S/C15H18ClNO2S/c1-10(11-6-8-18-9-11)17-15(12-3-2-7-19-12)13-4-5-14(16)20-13/h2-5,7,10-11,15,17H,6,8-9H2,1H3. The van der Waals surface area contributed by atoms with Crippen LogP contribution in [0.2, 0.25) is 4.34 Å². The van der Waals surface area contributed by atoms with Crippen molar-refractivity contribution in [2.24, 2.45) is 5.92 Å². The average Bonchev–Trinajstić information content (AvgIpc) is 3.17. The SMILES string of the molecule is CC(NC(c1ccco1)c1ccc(Cl)s1)C1CCOC1. The second kappa shape index (κ2) is 6.31. The number of furan rings is 1. The first-order valence-corrected chi connectivity index (χ1v) is 8.06. The second-order valence-electron chi connectivity index (χ2n) is 5.17. The van der Waals surface area contributed by atoms with Crippen molar-refractivity contribution in [3.05, 3.63) is 45.5 Å². The van der Waals surface area contributed by atoms with Crippen molar-refractivity contribution in [1.82, 2.24) is 5.32 Å². The Morgan fingerprint density at radius 3 is 2.90 bits per heavy atom. The maximum absolute atomic E-state index is 6.07. The van der Waals surface area contributed by atoms with E-state index in [9.17, 15) is 0 Å². The lowest BCUT2D eigenvalue weighted by Crippen LogP contribution is -2.36. The van der Waals surface area contributed by atoms with Crippen LogP contribution in [-0.4, -0.2) is 19.3 Å². The van der Waals surface area contributed by atoms with E-state index in [-0.39, 0.29) is 6.04 Å². The first kappa shape index (κ1) is 14.1. The van der Waals surface area contributed by atoms with Crippen LogP contribution in [0.3, 0.4) is 0 Å². The molecule has 0 bridgehead atoms. The third-order valence-corrected chi connectivity index (χ3v) is 5.10. The molecule has 20 heavy (non-hydrogen) atoms. The summed E-state index contributed by atoms with van der Waals surface area (Å²) in [5.74, 6) is 1.48. The highest BCUT2D eigenvalue weighted by atomic mass is 35.5. The van der Waals surface area contributed by atoms with Crippen molar-refractivity contribution >= 4 is 22.9 Å². The zero-order valence-corrected chi connectivity index (χ0v) is 12.9. The molecule has 3 atom stereocenters. The van der Waals surface area contributed by atoms with Crippen molar-refractivity contribution in [2.75, 3.05) is 13.2 Å². The molecule has 0 aromatic carbocycles. The van der Waals surface area contributed by atoms with Crippen LogP contribution in [0.1, 0.15) is 30.0 Å². The number of nitrogens with one attached hydrogen (secondary N) is 1. The summed E-state index contributed by atoms with van der Waals surface area (Å²) in [6.45, 7) is 3.92. The summed E-state index contributed by atoms with van der Waals surface area (Å²) in [5.41, 5.74) is 0. The first-order valence-electron chi connectivity index (χ1n) is 6.86. The number of halogens is 1. The van der Waals surface area contributed by atoms with Gasteiger partial charge in [-0.2, -0.15) is 0 Å². The van der Waals surface area contributed by atoms with E-state index in [2.05, 4.69) is 18.3 Å². The lowest BCUT2D eigenvalue weighted by atomic mass is 9.99. The van der Waals surface area contributed by atoms with E-state index < -0.39 is 0 Å². The van der Waals surface area contributed by atoms with Gasteiger partial charge in [-0.3, -0.25) is 0 Å². The fourth-order valence-electron chi connectivity index (χ4n) is 2.59. The zero-order chi connectivity index (χ0) is 13.9. The maximum atomic E-state index is 6.07. The second-order valence-corrected chi connectivity index (χ2v) is 6.92. The third-order valence-electron chi connectivity index (χ3n) is 3.81. The van der Waals surface area contributed by atoms with Crippen LogP contribution >= 0.6 is 22.9 Å². The van der Waals surface area contributed by atoms with Crippen LogP contribution < -0.4 is 5.32 Å². The molecular weight excluding hydrogens is 294 g/mol. The van der Waals surface area contributed by atoms with Crippen molar-refractivity contribution < 1.29 is 9.15 Å². The van der Waals surface area contributed by atoms with Gasteiger partial charge in [0.25, 0.3) is 0 Å². The number of thiophene rings is 1. The van der Waals surface area contributed by atoms with Crippen LogP contribution in [0.15, 0.2) is 34.9 Å². The van der Waals surface area contributed by atoms with Crippen LogP contribution in [0.5, 0.6) is 0 Å². The van der Waals surface area contributed by atoms with Crippen molar-refractivity contribution in [3.8, 4) is 0 Å². The fraction of sp³-hybridized carbons (Fsp3) is 0.467. The molecular formula is C15H18ClNO2S. The quantitative estimate of drug-likeness (QED) is 0.903. The molecule has 0 radical (unpaired) electrons. The molecule has 0 aliphatic carbocycles. The van der Waals surface area contributed by atoms with Gasteiger partial charge in [0, 0.05) is 17.5 Å². The molecule has 1 saturated heterocycles. The number of hydrogen-bond donors (Lipinski definition) is 1. The van der Waals surface area contributed by atoms with Crippen LogP contribution in [0.25, 0.3) is 0 Å². The molecule has 3 heterocycles. The molecule has 3 nitrogen and oxygen atoms in total. The minimum Gasteiger partial charge on any atom is -0.467 e. The van der Waals surface area contributed by atoms with Gasteiger partial charge < -0.3 is 14.5 Å². The molecule has 2 aromatic heterocycles. The van der Waals surface area contributed by atoms with E-state index in [4.69, 9.17) is 20.8 Å². The van der Waals surface area contributed by atoms with Crippen LogP contribution in [0, 0.1) is 5.92 Å². The summed E-state index contributed by atoms with van der Waals surface area (Å²) < 4.78 is 11.9. The van der Waals surface area contributed by atoms with Crippen molar-refractivity contribution in [2.45, 2.75) is 25.4 Å². The Bertz CT molecular complexity index is 534. The summed E-state index contributed by atoms with van der Waals surface area (Å²) in [6.07, 6.45) is 2.83. The van der Waals surface area contributed by atoms with Gasteiger partial charge >= 0.3 is 0 Å². The zero-order valence-electron chi connectivity index (χ0n) is 11.3. The maximum Gasteiger partial charge on any atom is 0.126 e. The predicted octanol–water partition coefficient (Wildman–Crippen LogP) is 4.10. The predicted molar refractivity (Wildman–Crippen MR) is 81.4 cm³/mol. The van der Waals surface area contributed by atoms with Gasteiger partial charge in [-0.05, 0) is 43.5 Å². The van der Waals surface area contributed by atoms with Gasteiger partial charge in [0.15, 0.2) is 0 Å². The molecule has 5 heteroatoms. The molecule has 1 fully saturated rings. The van der Waals surface area contributed by atoms with Crippen LogP contribution in [-0.2, 0) is 4.74 Å². The van der Waals surface area contributed by atoms with E-state index in [0.717, 1.165) is 29.7 Å². The number of ether oxygens (including phenoxy) is 1. The normalized spacial score (nSPS) is 22.0. The highest BCUT2D eigenvalue weighted by molar-refractivity contribution is 7.16. The minimum absolute atomic E-state index is 0.0538. The molecule has 108 valence electrons. The Morgan fingerprint density at radius 2 is 2.30 bits per heavy atom. The molecule has 2 aromatic rings. The highest BCUT2D eigenvalue weighted by Crippen LogP contribution is 2.32. The molecule has 0 spiro atoms. The Kier molecular flexibility index (Phi) is 4.46. The summed E-state index contributed by atoms with van der Waals surface area (Å²) in [6, 6.07) is 8.34. The first-order chi connectivity index (χ1) is 9.74. The Labute approximate surface area is 127 Å². The molecule has 1 aliphatic rings. The highest BCUT2D eigenvalue weighted by Gasteiger charge is 2.27. The van der Waals surface area contributed by atoms with Crippen LogP contribution in [0.4, 0.5) is 0 Å². The topological polar surface area (TPSA) is 34.4 Å². The summed E-state index contributed by atoms with van der Waals surface area (Å²) in [7, 11) is 0. The fourth-order valence-corrected chi connectivity index (χ4v) is 3.72. The Balaban J connectivity index is 1.79. The van der Waals surface area contributed by atoms with Gasteiger partial charge in [0.2, 0.25) is 0 Å². The monoisotopic (exact) mass is 311 g/mol. The van der Waals surface area contributed by atoms with Crippen molar-refractivity contribution in [3.63, 3.8) is 0 Å². The Morgan fingerprint density at radius 1 is 1.40 bits per heavy atom. The smallest absolute Gasteiger partial charge is 0.126 e. The minimum atomic E-state index is 0.0538. The molecule has 0 saturated carbocycles. The Hall–Kier alpha value is -0.810. The molecule has 3 rings (SSSR count). The van der Waals surface area contributed by atoms with Gasteiger partial charge in [0.1, 0.15) is 11.8 Å². The van der Waals surface area contributed by atoms with E-state index >= 15 is 0 Å². The number of rotatable bonds is 5. The lowest BCUT2D eigenvalue weighted by molar-refractivity contribution is 0.177. The van der Waals surface area contributed by atoms with E-state index in [0.29, 0.717) is 12.0 Å².